The molecule has 0 amide bonds. The van der Waals surface area contributed by atoms with E-state index in [0.29, 0.717) is 12.5 Å². The number of piperidine rings is 1. The molecule has 0 aromatic carbocycles. The Morgan fingerprint density at radius 1 is 1.58 bits per heavy atom. The Balaban J connectivity index is 2.22. The Morgan fingerprint density at radius 3 is 2.83 bits per heavy atom. The van der Waals surface area contributed by atoms with Gasteiger partial charge in [-0.1, -0.05) is 0 Å². The van der Waals surface area contributed by atoms with Crippen molar-refractivity contribution in [3.8, 4) is 0 Å². The molecule has 0 aliphatic carbocycles. The Labute approximate surface area is 73.8 Å². The first-order valence-corrected chi connectivity index (χ1v) is 6.12. The average molecular weight is 192 g/mol. The van der Waals surface area contributed by atoms with Crippen LogP contribution in [-0.2, 0) is 10.0 Å². The van der Waals surface area contributed by atoms with Gasteiger partial charge in [0.05, 0.1) is 6.26 Å². The minimum Gasteiger partial charge on any atom is -0.316 e. The van der Waals surface area contributed by atoms with Gasteiger partial charge in [-0.25, -0.2) is 13.1 Å². The molecule has 4 nitrogen and oxygen atoms in total. The molecule has 0 saturated carbocycles. The summed E-state index contributed by atoms with van der Waals surface area (Å²) < 4.78 is 24.0. The molecule has 1 saturated heterocycles. The van der Waals surface area contributed by atoms with Crippen molar-refractivity contribution < 1.29 is 8.42 Å². The van der Waals surface area contributed by atoms with Gasteiger partial charge >= 0.3 is 0 Å². The third-order valence-electron chi connectivity index (χ3n) is 2.03. The number of sulfonamides is 1. The summed E-state index contributed by atoms with van der Waals surface area (Å²) >= 11 is 0. The molecule has 0 radical (unpaired) electrons. The van der Waals surface area contributed by atoms with Crippen LogP contribution in [0.1, 0.15) is 12.8 Å². The average Bonchev–Trinajstić information content (AvgIpc) is 2.02. The van der Waals surface area contributed by atoms with Gasteiger partial charge in [0.2, 0.25) is 10.0 Å². The molecule has 0 aromatic heterocycles. The highest BCUT2D eigenvalue weighted by Gasteiger charge is 2.13. The third kappa shape index (κ3) is 4.04. The van der Waals surface area contributed by atoms with Gasteiger partial charge in [-0.2, -0.15) is 0 Å². The van der Waals surface area contributed by atoms with Crippen molar-refractivity contribution in [1.29, 1.82) is 0 Å². The number of rotatable bonds is 3. The predicted octanol–water partition coefficient (Wildman–Crippen LogP) is -0.465. The summed E-state index contributed by atoms with van der Waals surface area (Å²) in [4.78, 5) is 0. The lowest BCUT2D eigenvalue weighted by Gasteiger charge is -2.22. The van der Waals surface area contributed by atoms with Gasteiger partial charge in [0, 0.05) is 6.54 Å². The van der Waals surface area contributed by atoms with E-state index >= 15 is 0 Å². The Morgan fingerprint density at radius 2 is 2.33 bits per heavy atom. The molecule has 1 aliphatic rings. The minimum atomic E-state index is -3.00. The van der Waals surface area contributed by atoms with Crippen LogP contribution in [0.25, 0.3) is 0 Å². The highest BCUT2D eigenvalue weighted by molar-refractivity contribution is 7.88. The lowest BCUT2D eigenvalue weighted by molar-refractivity contribution is 0.376. The third-order valence-corrected chi connectivity index (χ3v) is 2.72. The fourth-order valence-corrected chi connectivity index (χ4v) is 1.91. The second-order valence-corrected chi connectivity index (χ2v) is 5.17. The predicted molar refractivity (Wildman–Crippen MR) is 48.4 cm³/mol. The van der Waals surface area contributed by atoms with E-state index in [-0.39, 0.29) is 0 Å². The molecule has 72 valence electrons. The lowest BCUT2D eigenvalue weighted by Crippen LogP contribution is -2.37. The van der Waals surface area contributed by atoms with Gasteiger partial charge in [-0.15, -0.1) is 0 Å². The molecule has 12 heavy (non-hydrogen) atoms. The van der Waals surface area contributed by atoms with Crippen molar-refractivity contribution in [3.63, 3.8) is 0 Å². The SMILES string of the molecule is CS(=O)(=O)NCC1CCCNC1. The largest absolute Gasteiger partial charge is 0.316 e. The van der Waals surface area contributed by atoms with Crippen molar-refractivity contribution >= 4 is 10.0 Å². The first-order valence-electron chi connectivity index (χ1n) is 4.23. The standard InChI is InChI=1S/C7H16N2O2S/c1-12(10,11)9-6-7-3-2-4-8-5-7/h7-9H,2-6H2,1H3. The van der Waals surface area contributed by atoms with E-state index in [9.17, 15) is 8.42 Å². The van der Waals surface area contributed by atoms with Crippen molar-refractivity contribution in [2.24, 2.45) is 5.92 Å². The summed E-state index contributed by atoms with van der Waals surface area (Å²) in [7, 11) is -3.00. The van der Waals surface area contributed by atoms with E-state index in [1.165, 1.54) is 6.26 Å². The maximum atomic E-state index is 10.7. The second kappa shape index (κ2) is 4.20. The minimum absolute atomic E-state index is 0.466. The number of hydrogen-bond donors (Lipinski definition) is 2. The van der Waals surface area contributed by atoms with Crippen molar-refractivity contribution in [2.75, 3.05) is 25.9 Å². The van der Waals surface area contributed by atoms with Crippen LogP contribution in [0.3, 0.4) is 0 Å². The normalized spacial score (nSPS) is 25.6. The first kappa shape index (κ1) is 9.95. The lowest BCUT2D eigenvalue weighted by atomic mass is 10.0. The molecule has 1 heterocycles. The zero-order valence-corrected chi connectivity index (χ0v) is 8.15. The molecule has 1 atom stereocenters. The molecule has 0 aromatic rings. The fraction of sp³-hybridized carbons (Fsp3) is 1.00. The van der Waals surface area contributed by atoms with Crippen LogP contribution < -0.4 is 10.0 Å². The smallest absolute Gasteiger partial charge is 0.208 e. The van der Waals surface area contributed by atoms with Gasteiger partial charge in [-0.05, 0) is 31.8 Å². The van der Waals surface area contributed by atoms with Crippen LogP contribution in [0.15, 0.2) is 0 Å². The van der Waals surface area contributed by atoms with Gasteiger partial charge in [0.25, 0.3) is 0 Å². The van der Waals surface area contributed by atoms with Gasteiger partial charge in [0.15, 0.2) is 0 Å². The van der Waals surface area contributed by atoms with Crippen molar-refractivity contribution in [1.82, 2.24) is 10.0 Å². The highest BCUT2D eigenvalue weighted by Crippen LogP contribution is 2.08. The van der Waals surface area contributed by atoms with Crippen LogP contribution in [0.5, 0.6) is 0 Å². The summed E-state index contributed by atoms with van der Waals surface area (Å²) in [6.45, 7) is 2.57. The van der Waals surface area contributed by atoms with Crippen molar-refractivity contribution in [2.45, 2.75) is 12.8 Å². The zero-order chi connectivity index (χ0) is 9.03. The van der Waals surface area contributed by atoms with Crippen LogP contribution in [0.4, 0.5) is 0 Å². The molecule has 1 aliphatic heterocycles. The van der Waals surface area contributed by atoms with Crippen LogP contribution >= 0.6 is 0 Å². The quantitative estimate of drug-likeness (QED) is 0.636. The molecular formula is C7H16N2O2S. The van der Waals surface area contributed by atoms with Crippen LogP contribution in [-0.4, -0.2) is 34.3 Å². The molecular weight excluding hydrogens is 176 g/mol. The van der Waals surface area contributed by atoms with E-state index in [1.807, 2.05) is 0 Å². The van der Waals surface area contributed by atoms with Crippen molar-refractivity contribution in [3.05, 3.63) is 0 Å². The summed E-state index contributed by atoms with van der Waals surface area (Å²) in [6, 6.07) is 0. The van der Waals surface area contributed by atoms with E-state index < -0.39 is 10.0 Å². The molecule has 1 fully saturated rings. The Kier molecular flexibility index (Phi) is 3.49. The van der Waals surface area contributed by atoms with Gasteiger partial charge < -0.3 is 5.32 Å². The number of nitrogens with one attached hydrogen (secondary N) is 2. The summed E-state index contributed by atoms with van der Waals surface area (Å²) in [6.07, 6.45) is 3.47. The first-order chi connectivity index (χ1) is 5.58. The van der Waals surface area contributed by atoms with Gasteiger partial charge in [0.1, 0.15) is 0 Å². The second-order valence-electron chi connectivity index (χ2n) is 3.33. The molecule has 2 N–H and O–H groups in total. The highest BCUT2D eigenvalue weighted by atomic mass is 32.2. The fourth-order valence-electron chi connectivity index (χ4n) is 1.37. The summed E-state index contributed by atoms with van der Waals surface area (Å²) in [5.74, 6) is 0.466. The van der Waals surface area contributed by atoms with E-state index in [2.05, 4.69) is 10.0 Å². The molecule has 1 unspecified atom stereocenters. The summed E-state index contributed by atoms with van der Waals surface area (Å²) in [5.41, 5.74) is 0. The van der Waals surface area contributed by atoms with E-state index in [4.69, 9.17) is 0 Å². The molecule has 1 rings (SSSR count). The topological polar surface area (TPSA) is 58.2 Å². The zero-order valence-electron chi connectivity index (χ0n) is 7.34. The molecule has 0 spiro atoms. The maximum absolute atomic E-state index is 10.7. The maximum Gasteiger partial charge on any atom is 0.208 e. The van der Waals surface area contributed by atoms with E-state index in [1.54, 1.807) is 0 Å². The molecule has 5 heteroatoms. The number of hydrogen-bond acceptors (Lipinski definition) is 3. The van der Waals surface area contributed by atoms with Gasteiger partial charge in [-0.3, -0.25) is 0 Å². The van der Waals surface area contributed by atoms with Crippen LogP contribution in [0.2, 0.25) is 0 Å². The monoisotopic (exact) mass is 192 g/mol. The van der Waals surface area contributed by atoms with Crippen LogP contribution in [0, 0.1) is 5.92 Å². The Bertz CT molecular complexity index is 220. The Hall–Kier alpha value is -0.130. The summed E-state index contributed by atoms with van der Waals surface area (Å²) in [5, 5.41) is 3.24. The molecule has 0 bridgehead atoms. The van der Waals surface area contributed by atoms with E-state index in [0.717, 1.165) is 25.9 Å².